The lowest BCUT2D eigenvalue weighted by Crippen LogP contribution is -2.36. The molecule has 0 bridgehead atoms. The van der Waals surface area contributed by atoms with Gasteiger partial charge in [-0.1, -0.05) is 60.2 Å². The second kappa shape index (κ2) is 7.06. The summed E-state index contributed by atoms with van der Waals surface area (Å²) in [4.78, 5) is 2.06. The van der Waals surface area contributed by atoms with Crippen LogP contribution < -0.4 is 5.32 Å². The van der Waals surface area contributed by atoms with Crippen LogP contribution in [0.1, 0.15) is 16.7 Å². The summed E-state index contributed by atoms with van der Waals surface area (Å²) < 4.78 is 0. The van der Waals surface area contributed by atoms with E-state index in [0.29, 0.717) is 0 Å². The number of hydrogen-bond donors (Lipinski definition) is 1. The molecule has 0 radical (unpaired) electrons. The van der Waals surface area contributed by atoms with Crippen molar-refractivity contribution in [2.45, 2.75) is 20.0 Å². The Hall–Kier alpha value is -1.87. The highest BCUT2D eigenvalue weighted by Gasteiger charge is 2.04. The van der Waals surface area contributed by atoms with Crippen molar-refractivity contribution >= 4 is 17.3 Å². The van der Waals surface area contributed by atoms with Crippen LogP contribution in [0.15, 0.2) is 54.6 Å². The van der Waals surface area contributed by atoms with Gasteiger partial charge in [-0.2, -0.15) is 0 Å². The van der Waals surface area contributed by atoms with E-state index in [2.05, 4.69) is 53.5 Å². The molecule has 1 N–H and O–H groups in total. The Bertz CT molecular complexity index is 549. The molecule has 0 aliphatic heterocycles. The van der Waals surface area contributed by atoms with Gasteiger partial charge in [-0.25, -0.2) is 0 Å². The molecule has 0 atom stereocenters. The molecule has 2 aromatic rings. The third kappa shape index (κ3) is 4.35. The zero-order valence-electron chi connectivity index (χ0n) is 12.0. The number of benzene rings is 2. The van der Waals surface area contributed by atoms with E-state index in [1.54, 1.807) is 0 Å². The third-order valence-electron chi connectivity index (χ3n) is 3.17. The molecule has 0 aliphatic rings. The summed E-state index contributed by atoms with van der Waals surface area (Å²) in [5.41, 5.74) is 3.78. The number of hydrogen-bond acceptors (Lipinski definition) is 1. The summed E-state index contributed by atoms with van der Waals surface area (Å²) in [6, 6.07) is 18.8. The number of rotatable bonds is 4. The van der Waals surface area contributed by atoms with E-state index in [4.69, 9.17) is 12.2 Å². The minimum atomic E-state index is 0.762. The smallest absolute Gasteiger partial charge is 0.169 e. The lowest BCUT2D eigenvalue weighted by molar-refractivity contribution is 0.489. The van der Waals surface area contributed by atoms with Crippen molar-refractivity contribution < 1.29 is 0 Å². The molecule has 2 nitrogen and oxygen atoms in total. The fourth-order valence-corrected chi connectivity index (χ4v) is 2.08. The van der Waals surface area contributed by atoms with Gasteiger partial charge in [-0.3, -0.25) is 0 Å². The van der Waals surface area contributed by atoms with Crippen LogP contribution in [0.5, 0.6) is 0 Å². The van der Waals surface area contributed by atoms with Gasteiger partial charge >= 0.3 is 0 Å². The van der Waals surface area contributed by atoms with Crippen molar-refractivity contribution in [2.24, 2.45) is 0 Å². The summed E-state index contributed by atoms with van der Waals surface area (Å²) in [5, 5.41) is 4.06. The molecule has 0 amide bonds. The first-order valence-electron chi connectivity index (χ1n) is 6.73. The van der Waals surface area contributed by atoms with Gasteiger partial charge in [0.25, 0.3) is 0 Å². The Balaban J connectivity index is 1.84. The Morgan fingerprint density at radius 2 is 1.65 bits per heavy atom. The van der Waals surface area contributed by atoms with E-state index in [0.717, 1.165) is 18.2 Å². The monoisotopic (exact) mass is 284 g/mol. The molecule has 3 heteroatoms. The lowest BCUT2D eigenvalue weighted by atomic mass is 10.1. The molecule has 0 saturated carbocycles. The largest absolute Gasteiger partial charge is 0.358 e. The molecule has 0 saturated heterocycles. The van der Waals surface area contributed by atoms with Gasteiger partial charge in [0.15, 0.2) is 5.11 Å². The van der Waals surface area contributed by atoms with Crippen LogP contribution in [0.25, 0.3) is 0 Å². The normalized spacial score (nSPS) is 10.1. The van der Waals surface area contributed by atoms with E-state index in [1.807, 2.05) is 25.2 Å². The zero-order chi connectivity index (χ0) is 14.4. The number of aryl methyl sites for hydroxylation is 1. The van der Waals surface area contributed by atoms with Crippen LogP contribution in [-0.4, -0.2) is 17.1 Å². The summed E-state index contributed by atoms with van der Waals surface area (Å²) in [6.07, 6.45) is 0. The van der Waals surface area contributed by atoms with Gasteiger partial charge in [-0.15, -0.1) is 0 Å². The molecule has 2 aromatic carbocycles. The van der Waals surface area contributed by atoms with Crippen molar-refractivity contribution in [3.8, 4) is 0 Å². The maximum atomic E-state index is 5.42. The first-order valence-corrected chi connectivity index (χ1v) is 7.14. The van der Waals surface area contributed by atoms with E-state index in [1.165, 1.54) is 16.7 Å². The van der Waals surface area contributed by atoms with Gasteiger partial charge in [0.05, 0.1) is 0 Å². The number of nitrogens with zero attached hydrogens (tertiary/aromatic N) is 1. The molecule has 2 rings (SSSR count). The van der Waals surface area contributed by atoms with Gasteiger partial charge < -0.3 is 10.2 Å². The second-order valence-corrected chi connectivity index (χ2v) is 5.37. The van der Waals surface area contributed by atoms with Gasteiger partial charge in [0.2, 0.25) is 0 Å². The van der Waals surface area contributed by atoms with Crippen molar-refractivity contribution in [3.05, 3.63) is 71.3 Å². The molecule has 0 unspecified atom stereocenters. The first kappa shape index (κ1) is 14.5. The Labute approximate surface area is 126 Å². The van der Waals surface area contributed by atoms with Gasteiger partial charge in [0, 0.05) is 20.1 Å². The van der Waals surface area contributed by atoms with E-state index in [9.17, 15) is 0 Å². The topological polar surface area (TPSA) is 15.3 Å². The molecule has 0 aliphatic carbocycles. The van der Waals surface area contributed by atoms with Gasteiger partial charge in [0.1, 0.15) is 0 Å². The SMILES string of the molecule is Cc1ccc(CN(C)C(=S)NCc2ccccc2)cc1. The molecular weight excluding hydrogens is 264 g/mol. The van der Waals surface area contributed by atoms with Crippen LogP contribution >= 0.6 is 12.2 Å². The van der Waals surface area contributed by atoms with Crippen LogP contribution in [0.3, 0.4) is 0 Å². The summed E-state index contributed by atoms with van der Waals surface area (Å²) >= 11 is 5.42. The average Bonchev–Trinajstić information content (AvgIpc) is 2.48. The zero-order valence-corrected chi connectivity index (χ0v) is 12.8. The lowest BCUT2D eigenvalue weighted by Gasteiger charge is -2.21. The fraction of sp³-hybridized carbons (Fsp3) is 0.235. The van der Waals surface area contributed by atoms with Crippen LogP contribution in [-0.2, 0) is 13.1 Å². The van der Waals surface area contributed by atoms with Crippen molar-refractivity contribution in [2.75, 3.05) is 7.05 Å². The van der Waals surface area contributed by atoms with Crippen LogP contribution in [0, 0.1) is 6.92 Å². The quantitative estimate of drug-likeness (QED) is 0.865. The highest BCUT2D eigenvalue weighted by molar-refractivity contribution is 7.80. The maximum Gasteiger partial charge on any atom is 0.169 e. The van der Waals surface area contributed by atoms with E-state index < -0.39 is 0 Å². The predicted molar refractivity (Wildman–Crippen MR) is 88.5 cm³/mol. The molecule has 104 valence electrons. The number of nitrogens with one attached hydrogen (secondary N) is 1. The third-order valence-corrected chi connectivity index (χ3v) is 3.63. The molecule has 0 heterocycles. The highest BCUT2D eigenvalue weighted by Crippen LogP contribution is 2.06. The Kier molecular flexibility index (Phi) is 5.13. The Morgan fingerprint density at radius 3 is 2.30 bits per heavy atom. The van der Waals surface area contributed by atoms with Gasteiger partial charge in [-0.05, 0) is 30.3 Å². The van der Waals surface area contributed by atoms with Crippen molar-refractivity contribution in [1.82, 2.24) is 10.2 Å². The standard InChI is InChI=1S/C17H20N2S/c1-14-8-10-16(11-9-14)13-19(2)17(20)18-12-15-6-4-3-5-7-15/h3-11H,12-13H2,1-2H3,(H,18,20). The second-order valence-electron chi connectivity index (χ2n) is 4.99. The first-order chi connectivity index (χ1) is 9.65. The molecular formula is C17H20N2S. The molecule has 20 heavy (non-hydrogen) atoms. The maximum absolute atomic E-state index is 5.42. The summed E-state index contributed by atoms with van der Waals surface area (Å²) in [7, 11) is 2.01. The Morgan fingerprint density at radius 1 is 1.00 bits per heavy atom. The summed E-state index contributed by atoms with van der Waals surface area (Å²) in [6.45, 7) is 3.68. The molecule has 0 spiro atoms. The van der Waals surface area contributed by atoms with Crippen molar-refractivity contribution in [1.29, 1.82) is 0 Å². The van der Waals surface area contributed by atoms with Crippen molar-refractivity contribution in [3.63, 3.8) is 0 Å². The fourth-order valence-electron chi connectivity index (χ4n) is 1.95. The number of thiocarbonyl (C=S) groups is 1. The predicted octanol–water partition coefficient (Wildman–Crippen LogP) is 3.50. The minimum Gasteiger partial charge on any atom is -0.358 e. The minimum absolute atomic E-state index is 0.762. The molecule has 0 fully saturated rings. The van der Waals surface area contributed by atoms with E-state index in [-0.39, 0.29) is 0 Å². The van der Waals surface area contributed by atoms with E-state index >= 15 is 0 Å². The van der Waals surface area contributed by atoms with Crippen LogP contribution in [0.4, 0.5) is 0 Å². The van der Waals surface area contributed by atoms with Crippen LogP contribution in [0.2, 0.25) is 0 Å². The molecule has 0 aromatic heterocycles. The highest BCUT2D eigenvalue weighted by atomic mass is 32.1. The summed E-state index contributed by atoms with van der Waals surface area (Å²) in [5.74, 6) is 0. The average molecular weight is 284 g/mol.